The third-order valence-electron chi connectivity index (χ3n) is 16.9. The van der Waals surface area contributed by atoms with Gasteiger partial charge in [0.2, 0.25) is 0 Å². The number of anilines is 6. The van der Waals surface area contributed by atoms with Gasteiger partial charge in [0.1, 0.15) is 0 Å². The Labute approximate surface area is 461 Å². The molecule has 3 heterocycles. The first kappa shape index (κ1) is 49.2. The Morgan fingerprint density at radius 2 is 0.883 bits per heavy atom. The van der Waals surface area contributed by atoms with Crippen molar-refractivity contribution in [3.05, 3.63) is 210 Å². The molecule has 2 aliphatic rings. The summed E-state index contributed by atoms with van der Waals surface area (Å²) < 4.78 is 2.72. The molecule has 0 amide bonds. The number of nitrogens with zero attached hydrogens (tertiary/aromatic N) is 2. The quantitative estimate of drug-likeness (QED) is 0.128. The van der Waals surface area contributed by atoms with Crippen molar-refractivity contribution in [1.82, 2.24) is 0 Å². The summed E-state index contributed by atoms with van der Waals surface area (Å²) in [6.07, 6.45) is 0. The molecule has 0 spiro atoms. The maximum absolute atomic E-state index is 2.63. The van der Waals surface area contributed by atoms with E-state index in [-0.39, 0.29) is 28.4 Å². The summed E-state index contributed by atoms with van der Waals surface area (Å²) in [4.78, 5) is 5.25. The average Bonchev–Trinajstić information content (AvgIpc) is 4.04. The van der Waals surface area contributed by atoms with Gasteiger partial charge < -0.3 is 9.80 Å². The zero-order chi connectivity index (χ0) is 53.7. The van der Waals surface area contributed by atoms with Gasteiger partial charge in [-0.2, -0.15) is 0 Å². The number of aryl methyl sites for hydroxylation is 1. The second-order valence-corrected chi connectivity index (χ2v) is 27.4. The van der Waals surface area contributed by atoms with Crippen LogP contribution in [0.15, 0.2) is 182 Å². The van der Waals surface area contributed by atoms with Gasteiger partial charge in [0.15, 0.2) is 0 Å². The van der Waals surface area contributed by atoms with Gasteiger partial charge in [-0.15, -0.1) is 11.3 Å². The normalized spacial score (nSPS) is 13.7. The molecule has 1 aromatic heterocycles. The number of hydrogen-bond acceptors (Lipinski definition) is 3. The van der Waals surface area contributed by atoms with Crippen molar-refractivity contribution in [2.75, 3.05) is 9.80 Å². The molecular formula is C73H69BN2S. The van der Waals surface area contributed by atoms with Gasteiger partial charge in [0, 0.05) is 43.3 Å². The first-order valence-corrected chi connectivity index (χ1v) is 28.6. The van der Waals surface area contributed by atoms with Crippen LogP contribution >= 0.6 is 11.3 Å². The lowest BCUT2D eigenvalue weighted by molar-refractivity contribution is 0.569. The first-order chi connectivity index (χ1) is 36.6. The average molecular weight is 1020 g/mol. The molecule has 0 saturated heterocycles. The van der Waals surface area contributed by atoms with Crippen molar-refractivity contribution < 1.29 is 0 Å². The summed E-state index contributed by atoms with van der Waals surface area (Å²) in [5.74, 6) is 0. The lowest BCUT2D eigenvalue weighted by Gasteiger charge is -2.43. The molecule has 0 N–H and O–H groups in total. The third-order valence-corrected chi connectivity index (χ3v) is 18.2. The molecule has 11 aromatic rings. The number of thiophene rings is 1. The van der Waals surface area contributed by atoms with Crippen molar-refractivity contribution in [2.24, 2.45) is 0 Å². The summed E-state index contributed by atoms with van der Waals surface area (Å²) in [7, 11) is 0. The van der Waals surface area contributed by atoms with E-state index in [4.69, 9.17) is 0 Å². The summed E-state index contributed by atoms with van der Waals surface area (Å²) in [5.41, 5.74) is 21.6. The molecule has 2 aliphatic heterocycles. The highest BCUT2D eigenvalue weighted by molar-refractivity contribution is 7.33. The smallest absolute Gasteiger partial charge is 0.264 e. The Kier molecular flexibility index (Phi) is 11.1. The van der Waals surface area contributed by atoms with Gasteiger partial charge in [-0.1, -0.05) is 210 Å². The minimum Gasteiger partial charge on any atom is -0.311 e. The van der Waals surface area contributed by atoms with Crippen LogP contribution in [0.5, 0.6) is 0 Å². The van der Waals surface area contributed by atoms with E-state index in [0.717, 1.165) is 0 Å². The number of benzene rings is 10. The largest absolute Gasteiger partial charge is 0.311 e. The van der Waals surface area contributed by atoms with Crippen LogP contribution in [0.25, 0.3) is 64.7 Å². The summed E-state index contributed by atoms with van der Waals surface area (Å²) in [6.45, 7) is 30.4. The van der Waals surface area contributed by atoms with Crippen LogP contribution in [0.4, 0.5) is 34.1 Å². The number of rotatable bonds is 4. The topological polar surface area (TPSA) is 6.48 Å². The van der Waals surface area contributed by atoms with E-state index >= 15 is 0 Å². The molecule has 2 nitrogen and oxygen atoms in total. The summed E-state index contributed by atoms with van der Waals surface area (Å²) in [5, 5.41) is 9.06. The predicted molar refractivity (Wildman–Crippen MR) is 339 cm³/mol. The molecular weight excluding hydrogens is 948 g/mol. The molecule has 0 atom stereocenters. The molecule has 0 saturated carbocycles. The van der Waals surface area contributed by atoms with Gasteiger partial charge in [0.05, 0.1) is 5.69 Å². The highest BCUT2D eigenvalue weighted by atomic mass is 32.1. The molecule has 13 rings (SSSR count). The fourth-order valence-electron chi connectivity index (χ4n) is 12.5. The van der Waals surface area contributed by atoms with E-state index in [2.05, 4.69) is 282 Å². The second-order valence-electron chi connectivity index (χ2n) is 26.3. The monoisotopic (exact) mass is 1020 g/mol. The van der Waals surface area contributed by atoms with E-state index in [1.807, 2.05) is 11.3 Å². The highest BCUT2D eigenvalue weighted by Gasteiger charge is 2.46. The Balaban J connectivity index is 1.09. The van der Waals surface area contributed by atoms with E-state index < -0.39 is 0 Å². The SMILES string of the molecule is Cc1ccc(-c2ccc3c4ccccc4c4ccccc4c3c2)cc1N1c2ccc(-c3cc(C(C)(C)C)cc(C(C)(C)C)c3)cc2B2c3sc4ccc(C(C)(C)C)cc4c3N(c3cccc(C(C)(C)C)c3)c3cccc1c32. The second kappa shape index (κ2) is 17.3. The van der Waals surface area contributed by atoms with Crippen molar-refractivity contribution in [1.29, 1.82) is 0 Å². The Morgan fingerprint density at radius 3 is 1.52 bits per heavy atom. The molecule has 380 valence electrons. The van der Waals surface area contributed by atoms with Gasteiger partial charge in [-0.05, 0) is 176 Å². The molecule has 0 unspecified atom stereocenters. The number of fused-ring (bicyclic) bond motifs is 12. The van der Waals surface area contributed by atoms with Crippen molar-refractivity contribution >= 4 is 110 Å². The zero-order valence-electron chi connectivity index (χ0n) is 47.2. The van der Waals surface area contributed by atoms with Crippen molar-refractivity contribution in [2.45, 2.75) is 112 Å². The van der Waals surface area contributed by atoms with Crippen LogP contribution in [-0.4, -0.2) is 6.71 Å². The lowest BCUT2D eigenvalue weighted by Crippen LogP contribution is -2.60. The molecule has 4 heteroatoms. The maximum atomic E-state index is 2.63. The van der Waals surface area contributed by atoms with E-state index in [0.29, 0.717) is 0 Å². The minimum atomic E-state index is -0.0266. The molecule has 0 bridgehead atoms. The van der Waals surface area contributed by atoms with Gasteiger partial charge in [-0.3, -0.25) is 0 Å². The Bertz CT molecular complexity index is 4170. The van der Waals surface area contributed by atoms with Crippen LogP contribution in [0.2, 0.25) is 0 Å². The number of hydrogen-bond donors (Lipinski definition) is 0. The molecule has 0 radical (unpaired) electrons. The molecule has 10 aromatic carbocycles. The minimum absolute atomic E-state index is 0.0124. The third kappa shape index (κ3) is 8.04. The fraction of sp³-hybridized carbons (Fsp3) is 0.233. The van der Waals surface area contributed by atoms with Crippen LogP contribution in [0.1, 0.15) is 111 Å². The van der Waals surface area contributed by atoms with E-state index in [9.17, 15) is 0 Å². The lowest BCUT2D eigenvalue weighted by atomic mass is 9.36. The summed E-state index contributed by atoms with van der Waals surface area (Å²) >= 11 is 1.98. The predicted octanol–water partition coefficient (Wildman–Crippen LogP) is 19.3. The first-order valence-electron chi connectivity index (χ1n) is 27.8. The van der Waals surface area contributed by atoms with Gasteiger partial charge in [0.25, 0.3) is 6.71 Å². The Hall–Kier alpha value is -7.40. The Morgan fingerprint density at radius 1 is 0.351 bits per heavy atom. The zero-order valence-corrected chi connectivity index (χ0v) is 48.0. The molecule has 0 fully saturated rings. The van der Waals surface area contributed by atoms with Crippen LogP contribution in [-0.2, 0) is 21.7 Å². The fourth-order valence-corrected chi connectivity index (χ4v) is 13.8. The van der Waals surface area contributed by atoms with Crippen LogP contribution in [0, 0.1) is 6.92 Å². The van der Waals surface area contributed by atoms with Gasteiger partial charge in [-0.25, -0.2) is 0 Å². The summed E-state index contributed by atoms with van der Waals surface area (Å²) in [6, 6.07) is 70.6. The molecule has 0 aliphatic carbocycles. The molecule has 77 heavy (non-hydrogen) atoms. The van der Waals surface area contributed by atoms with Crippen molar-refractivity contribution in [3.63, 3.8) is 0 Å². The van der Waals surface area contributed by atoms with Crippen LogP contribution in [0.3, 0.4) is 0 Å². The van der Waals surface area contributed by atoms with E-state index in [1.165, 1.54) is 142 Å². The van der Waals surface area contributed by atoms with Crippen molar-refractivity contribution in [3.8, 4) is 22.3 Å². The van der Waals surface area contributed by atoms with Gasteiger partial charge >= 0.3 is 0 Å². The van der Waals surface area contributed by atoms with Crippen LogP contribution < -0.4 is 25.5 Å². The standard InChI is InChI=1S/C73H69BN2S/c1-44-28-29-47(45-30-33-58-56-24-15-14-22-54(56)55-23-16-17-25-57(55)59(58)38-45)40-65(44)76-62-34-31-46(48-36-51(72(8,9)10)41-52(37-48)73(11,12)13)39-61(62)74-67-63(26-19-27-64(67)76)75(53-21-18-20-49(42-53)70(2,3)4)68-60-43-50(71(5,6)7)32-35-66(60)77-69(68)74/h14-43H,1-13H3. The highest BCUT2D eigenvalue weighted by Crippen LogP contribution is 2.50. The van der Waals surface area contributed by atoms with E-state index in [1.54, 1.807) is 0 Å². The maximum Gasteiger partial charge on any atom is 0.264 e.